The lowest BCUT2D eigenvalue weighted by Gasteiger charge is -2.52. The number of nitrogens with zero attached hydrogens (tertiary/aromatic N) is 2. The first-order chi connectivity index (χ1) is 16.5. The second-order valence-electron chi connectivity index (χ2n) is 10.7. The lowest BCUT2D eigenvalue weighted by atomic mass is 9.83. The van der Waals surface area contributed by atoms with E-state index >= 15 is 0 Å². The van der Waals surface area contributed by atoms with Gasteiger partial charge in [-0.2, -0.15) is 0 Å². The number of quaternary nitrogens is 1. The number of halogens is 1. The van der Waals surface area contributed by atoms with Gasteiger partial charge in [0.25, 0.3) is 0 Å². The number of likely N-dealkylation sites (tertiary alicyclic amines) is 1. The molecule has 6 rings (SSSR count). The maximum atomic E-state index is 13.4. The van der Waals surface area contributed by atoms with E-state index in [9.17, 15) is 9.18 Å². The predicted molar refractivity (Wildman–Crippen MR) is 132 cm³/mol. The number of carbonyl (C=O) groups excluding carboxylic acids is 1. The number of benzene rings is 2. The lowest BCUT2D eigenvalue weighted by Crippen LogP contribution is -2.65. The van der Waals surface area contributed by atoms with Crippen LogP contribution in [0.25, 0.3) is 0 Å². The van der Waals surface area contributed by atoms with Crippen molar-refractivity contribution in [3.8, 4) is 0 Å². The lowest BCUT2D eigenvalue weighted by molar-refractivity contribution is -0.946. The highest BCUT2D eigenvalue weighted by Crippen LogP contribution is 2.37. The molecule has 0 aromatic heterocycles. The minimum Gasteiger partial charge on any atom is -0.455 e. The van der Waals surface area contributed by atoms with Gasteiger partial charge in [0.1, 0.15) is 18.4 Å². The Hall–Kier alpha value is -2.24. The molecule has 4 fully saturated rings. The molecule has 5 heteroatoms. The maximum Gasteiger partial charge on any atom is 0.323 e. The Labute approximate surface area is 203 Å². The highest BCUT2D eigenvalue weighted by molar-refractivity contribution is 5.75. The van der Waals surface area contributed by atoms with Gasteiger partial charge in [-0.15, -0.1) is 0 Å². The highest BCUT2D eigenvalue weighted by atomic mass is 19.1. The molecule has 2 bridgehead atoms. The third-order valence-corrected chi connectivity index (χ3v) is 8.66. The zero-order chi connectivity index (χ0) is 23.5. The summed E-state index contributed by atoms with van der Waals surface area (Å²) in [7, 11) is 0. The van der Waals surface area contributed by atoms with E-state index in [0.717, 1.165) is 69.3 Å². The fraction of sp³-hybridized carbons (Fsp3) is 0.552. The molecule has 3 unspecified atom stereocenters. The third kappa shape index (κ3) is 5.06. The van der Waals surface area contributed by atoms with E-state index in [0.29, 0.717) is 5.92 Å². The quantitative estimate of drug-likeness (QED) is 0.419. The van der Waals surface area contributed by atoms with Crippen LogP contribution in [0.2, 0.25) is 0 Å². The van der Waals surface area contributed by atoms with Crippen LogP contribution in [0.5, 0.6) is 0 Å². The minimum atomic E-state index is -0.228. The van der Waals surface area contributed by atoms with Crippen molar-refractivity contribution in [1.29, 1.82) is 0 Å². The molecule has 0 amide bonds. The summed E-state index contributed by atoms with van der Waals surface area (Å²) < 4.78 is 20.6. The molecular weight excluding hydrogens is 427 g/mol. The number of piperidine rings is 4. The van der Waals surface area contributed by atoms with Crippen molar-refractivity contribution >= 4 is 5.97 Å². The van der Waals surface area contributed by atoms with Crippen molar-refractivity contribution in [2.24, 2.45) is 5.92 Å². The summed E-state index contributed by atoms with van der Waals surface area (Å²) in [6.45, 7) is 7.26. The molecule has 34 heavy (non-hydrogen) atoms. The van der Waals surface area contributed by atoms with Gasteiger partial charge in [-0.25, -0.2) is 4.39 Å². The zero-order valence-electron chi connectivity index (χ0n) is 20.4. The molecule has 4 aliphatic rings. The summed E-state index contributed by atoms with van der Waals surface area (Å²) in [4.78, 5) is 15.7. The molecule has 4 heterocycles. The number of esters is 1. The zero-order valence-corrected chi connectivity index (χ0v) is 20.4. The van der Waals surface area contributed by atoms with Crippen molar-refractivity contribution < 1.29 is 18.4 Å². The molecule has 0 N–H and O–H groups in total. The molecule has 3 atom stereocenters. The second-order valence-corrected chi connectivity index (χ2v) is 10.7. The molecule has 2 aromatic rings. The van der Waals surface area contributed by atoms with E-state index in [1.165, 1.54) is 17.5 Å². The van der Waals surface area contributed by atoms with Crippen LogP contribution in [0, 0.1) is 11.7 Å². The summed E-state index contributed by atoms with van der Waals surface area (Å²) >= 11 is 0. The van der Waals surface area contributed by atoms with Gasteiger partial charge in [0, 0.05) is 31.2 Å². The number of rotatable bonds is 7. The third-order valence-electron chi connectivity index (χ3n) is 8.66. The Balaban J connectivity index is 1.22. The van der Waals surface area contributed by atoms with E-state index in [4.69, 9.17) is 4.74 Å². The van der Waals surface area contributed by atoms with Crippen molar-refractivity contribution in [2.45, 2.75) is 63.6 Å². The van der Waals surface area contributed by atoms with E-state index < -0.39 is 0 Å². The Morgan fingerprint density at radius 1 is 1.06 bits per heavy atom. The second kappa shape index (κ2) is 10.2. The van der Waals surface area contributed by atoms with Gasteiger partial charge >= 0.3 is 5.97 Å². The van der Waals surface area contributed by atoms with Gasteiger partial charge in [0.15, 0.2) is 6.10 Å². The van der Waals surface area contributed by atoms with Gasteiger partial charge in [-0.05, 0) is 49.6 Å². The number of hydrogen-bond donors (Lipinski definition) is 0. The Kier molecular flexibility index (Phi) is 7.03. The molecule has 182 valence electrons. The van der Waals surface area contributed by atoms with E-state index in [-0.39, 0.29) is 30.0 Å². The molecular formula is C29H38FN2O2+. The smallest absolute Gasteiger partial charge is 0.323 e. The molecule has 0 radical (unpaired) electrons. The van der Waals surface area contributed by atoms with E-state index in [2.05, 4.69) is 35.2 Å². The van der Waals surface area contributed by atoms with Crippen molar-refractivity contribution in [1.82, 2.24) is 4.90 Å². The minimum absolute atomic E-state index is 0.0191. The van der Waals surface area contributed by atoms with Crippen LogP contribution in [0.1, 0.15) is 56.2 Å². The van der Waals surface area contributed by atoms with Gasteiger partial charge in [0.2, 0.25) is 0 Å². The summed E-state index contributed by atoms with van der Waals surface area (Å²) in [5.41, 5.74) is 2.48. The predicted octanol–water partition coefficient (Wildman–Crippen LogP) is 5.14. The fourth-order valence-electron chi connectivity index (χ4n) is 6.52. The summed E-state index contributed by atoms with van der Waals surface area (Å²) in [5.74, 6) is 0.255. The van der Waals surface area contributed by atoms with Crippen LogP contribution in [-0.4, -0.2) is 60.2 Å². The van der Waals surface area contributed by atoms with Gasteiger partial charge in [0.05, 0.1) is 19.6 Å². The monoisotopic (exact) mass is 465 g/mol. The Morgan fingerprint density at radius 2 is 1.79 bits per heavy atom. The molecule has 4 aliphatic heterocycles. The van der Waals surface area contributed by atoms with Crippen LogP contribution in [-0.2, 0) is 16.0 Å². The van der Waals surface area contributed by atoms with Crippen molar-refractivity contribution in [3.63, 3.8) is 0 Å². The molecule has 4 nitrogen and oxygen atoms in total. The topological polar surface area (TPSA) is 29.5 Å². The summed E-state index contributed by atoms with van der Waals surface area (Å²) in [5, 5.41) is 0. The van der Waals surface area contributed by atoms with Crippen LogP contribution in [0.15, 0.2) is 54.6 Å². The average Bonchev–Trinajstić information content (AvgIpc) is 2.89. The van der Waals surface area contributed by atoms with Gasteiger partial charge in [-0.3, -0.25) is 9.69 Å². The van der Waals surface area contributed by atoms with Gasteiger partial charge < -0.3 is 9.22 Å². The van der Waals surface area contributed by atoms with Crippen LogP contribution >= 0.6 is 0 Å². The molecule has 0 spiro atoms. The van der Waals surface area contributed by atoms with Crippen molar-refractivity contribution in [3.05, 3.63) is 71.5 Å². The summed E-state index contributed by atoms with van der Waals surface area (Å²) in [6, 6.07) is 17.5. The number of ether oxygens (including phenoxy) is 1. The molecule has 4 saturated heterocycles. The number of fused-ring (bicyclic) bond motifs is 3. The first-order valence-corrected chi connectivity index (χ1v) is 13.1. The first kappa shape index (κ1) is 23.5. The number of carbonyl (C=O) groups is 1. The Morgan fingerprint density at radius 3 is 2.53 bits per heavy atom. The average molecular weight is 466 g/mol. The normalized spacial score (nSPS) is 30.1. The van der Waals surface area contributed by atoms with Gasteiger partial charge in [-0.1, -0.05) is 48.9 Å². The van der Waals surface area contributed by atoms with Crippen LogP contribution < -0.4 is 0 Å². The van der Waals surface area contributed by atoms with E-state index in [1.807, 2.05) is 19.1 Å². The molecule has 0 aliphatic carbocycles. The first-order valence-electron chi connectivity index (χ1n) is 13.1. The standard InChI is InChI=1S/C29H38FN2O2/c1-22(31-17-6-5-9-27(31)24-7-3-2-4-8-24)29(33)34-28-21-32(19-15-25(28)16-20-32)18-14-23-10-12-26(30)13-11-23/h2-4,7-8,10-13,22,25,27-28H,5-6,9,14-21H2,1H3/q+1. The number of hydrogen-bond acceptors (Lipinski definition) is 3. The Bertz CT molecular complexity index is 956. The van der Waals surface area contributed by atoms with E-state index in [1.54, 1.807) is 12.1 Å². The fourth-order valence-corrected chi connectivity index (χ4v) is 6.52. The van der Waals surface area contributed by atoms with Crippen LogP contribution in [0.4, 0.5) is 4.39 Å². The molecule has 2 aromatic carbocycles. The van der Waals surface area contributed by atoms with Crippen molar-refractivity contribution in [2.75, 3.05) is 32.7 Å². The SMILES string of the molecule is CC(C(=O)OC1C[N+]2(CCc3ccc(F)cc3)CCC1CC2)N1CCCCC1c1ccccc1. The van der Waals surface area contributed by atoms with Crippen LogP contribution in [0.3, 0.4) is 0 Å². The highest BCUT2D eigenvalue weighted by Gasteiger charge is 2.48. The molecule has 0 saturated carbocycles. The summed E-state index contributed by atoms with van der Waals surface area (Å²) in [6.07, 6.45) is 6.65. The largest absolute Gasteiger partial charge is 0.455 e. The maximum absolute atomic E-state index is 13.4.